The van der Waals surface area contributed by atoms with E-state index in [1.165, 1.54) is 0 Å². The van der Waals surface area contributed by atoms with Crippen LogP contribution < -0.4 is 14.7 Å². The lowest BCUT2D eigenvalue weighted by Gasteiger charge is -2.34. The van der Waals surface area contributed by atoms with Crippen LogP contribution in [-0.2, 0) is 31.3 Å². The Morgan fingerprint density at radius 1 is 0.907 bits per heavy atom. The highest BCUT2D eigenvalue weighted by molar-refractivity contribution is 6.08. The van der Waals surface area contributed by atoms with Crippen LogP contribution in [0.5, 0.6) is 0 Å². The van der Waals surface area contributed by atoms with Crippen molar-refractivity contribution in [3.63, 3.8) is 0 Å². The van der Waals surface area contributed by atoms with Crippen LogP contribution in [0.2, 0.25) is 0 Å². The average Bonchev–Trinajstić information content (AvgIpc) is 3.40. The topological polar surface area (TPSA) is 111 Å². The van der Waals surface area contributed by atoms with Crippen LogP contribution in [0.15, 0.2) is 42.5 Å². The van der Waals surface area contributed by atoms with E-state index in [1.807, 2.05) is 54.3 Å². The summed E-state index contributed by atoms with van der Waals surface area (Å²) in [4.78, 5) is 45.3. The minimum Gasteiger partial charge on any atom is -0.396 e. The lowest BCUT2D eigenvalue weighted by molar-refractivity contribution is -0.146. The van der Waals surface area contributed by atoms with Crippen molar-refractivity contribution in [1.82, 2.24) is 0 Å². The third kappa shape index (κ3) is 5.05. The molecule has 0 unspecified atom stereocenters. The zero-order valence-electron chi connectivity index (χ0n) is 25.4. The summed E-state index contributed by atoms with van der Waals surface area (Å²) in [5.74, 6) is -0.805. The van der Waals surface area contributed by atoms with Crippen LogP contribution in [0.3, 0.4) is 0 Å². The summed E-state index contributed by atoms with van der Waals surface area (Å²) >= 11 is 0. The first kappa shape index (κ1) is 29.8. The number of carbonyl (C=O) groups is 3. The molecule has 0 aliphatic carbocycles. The third-order valence-electron chi connectivity index (χ3n) is 9.93. The van der Waals surface area contributed by atoms with Gasteiger partial charge in [-0.2, -0.15) is 0 Å². The molecule has 2 aromatic carbocycles. The van der Waals surface area contributed by atoms with Gasteiger partial charge in [-0.15, -0.1) is 0 Å². The summed E-state index contributed by atoms with van der Waals surface area (Å²) in [6, 6.07) is 13.6. The molecule has 0 saturated carbocycles. The van der Waals surface area contributed by atoms with Gasteiger partial charge in [0.25, 0.3) is 5.91 Å². The largest absolute Gasteiger partial charge is 0.396 e. The average molecular weight is 590 g/mol. The van der Waals surface area contributed by atoms with Crippen LogP contribution in [0.1, 0.15) is 76.8 Å². The summed E-state index contributed by atoms with van der Waals surface area (Å²) < 4.78 is 6.73. The minimum absolute atomic E-state index is 0.0709. The highest BCUT2D eigenvalue weighted by Gasteiger charge is 2.65. The molecular weight excluding hydrogens is 546 g/mol. The zero-order valence-corrected chi connectivity index (χ0v) is 25.4. The van der Waals surface area contributed by atoms with E-state index >= 15 is 0 Å². The number of rotatable bonds is 7. The fourth-order valence-electron chi connectivity index (χ4n) is 7.91. The molecule has 3 fully saturated rings. The molecule has 0 bridgehead atoms. The Hall–Kier alpha value is -3.27. The van der Waals surface area contributed by atoms with Gasteiger partial charge in [-0.3, -0.25) is 14.4 Å². The molecule has 4 aliphatic heterocycles. The van der Waals surface area contributed by atoms with Crippen molar-refractivity contribution >= 4 is 34.8 Å². The summed E-state index contributed by atoms with van der Waals surface area (Å²) in [5, 5.41) is 21.1. The number of anilines is 3. The predicted octanol–water partition coefficient (Wildman–Crippen LogP) is 4.27. The Balaban J connectivity index is 1.39. The van der Waals surface area contributed by atoms with Gasteiger partial charge < -0.3 is 29.6 Å². The fourth-order valence-corrected chi connectivity index (χ4v) is 7.91. The first-order valence-corrected chi connectivity index (χ1v) is 15.7. The summed E-state index contributed by atoms with van der Waals surface area (Å²) in [6.45, 7) is 6.94. The van der Waals surface area contributed by atoms with Crippen LogP contribution in [0.4, 0.5) is 17.1 Å². The van der Waals surface area contributed by atoms with Crippen molar-refractivity contribution in [3.05, 3.63) is 53.6 Å². The van der Waals surface area contributed by atoms with Crippen molar-refractivity contribution in [2.24, 2.45) is 11.8 Å². The van der Waals surface area contributed by atoms with Crippen LogP contribution in [-0.4, -0.2) is 59.3 Å². The quantitative estimate of drug-likeness (QED) is 0.499. The second-order valence-electron chi connectivity index (χ2n) is 13.1. The molecule has 0 radical (unpaired) electrons. The molecule has 4 atom stereocenters. The summed E-state index contributed by atoms with van der Waals surface area (Å²) in [6.07, 6.45) is 4.53. The maximum Gasteiger partial charge on any atom is 0.264 e. The lowest BCUT2D eigenvalue weighted by atomic mass is 9.71. The first-order chi connectivity index (χ1) is 20.6. The van der Waals surface area contributed by atoms with Gasteiger partial charge in [0.05, 0.1) is 23.9 Å². The van der Waals surface area contributed by atoms with Crippen molar-refractivity contribution in [2.75, 3.05) is 34.4 Å². The predicted molar refractivity (Wildman–Crippen MR) is 164 cm³/mol. The van der Waals surface area contributed by atoms with Crippen LogP contribution >= 0.6 is 0 Å². The Morgan fingerprint density at radius 2 is 1.51 bits per heavy atom. The molecular formula is C34H43N3O6. The number of carbonyl (C=O) groups excluding carboxylic acids is 3. The van der Waals surface area contributed by atoms with Gasteiger partial charge in [-0.1, -0.05) is 19.1 Å². The van der Waals surface area contributed by atoms with E-state index in [1.54, 1.807) is 23.6 Å². The molecule has 3 saturated heterocycles. The highest BCUT2D eigenvalue weighted by atomic mass is 16.5. The molecule has 1 spiro atoms. The second-order valence-corrected chi connectivity index (χ2v) is 13.1. The van der Waals surface area contributed by atoms with Gasteiger partial charge >= 0.3 is 0 Å². The smallest absolute Gasteiger partial charge is 0.264 e. The molecule has 6 rings (SSSR count). The van der Waals surface area contributed by atoms with E-state index in [2.05, 4.69) is 0 Å². The number of hydrogen-bond acceptors (Lipinski definition) is 6. The van der Waals surface area contributed by atoms with E-state index in [0.717, 1.165) is 48.3 Å². The number of amides is 3. The van der Waals surface area contributed by atoms with E-state index in [9.17, 15) is 24.6 Å². The van der Waals surface area contributed by atoms with Crippen LogP contribution in [0.25, 0.3) is 0 Å². The number of aliphatic hydroxyl groups excluding tert-OH is 1. The van der Waals surface area contributed by atoms with Gasteiger partial charge in [0, 0.05) is 61.3 Å². The van der Waals surface area contributed by atoms with Gasteiger partial charge in [0.1, 0.15) is 0 Å². The van der Waals surface area contributed by atoms with Gasteiger partial charge in [0.15, 0.2) is 5.60 Å². The SMILES string of the molecule is C[C@@H]1[C@@H](C(C)(C)O)[C@H](CCO)O[C@@]12C(=O)N(Cc1ccc(N3CCCCC3=O)cc1)c1ccc(N3CCCCC3=O)cc12. The standard InChI is InChI=1S/C34H43N3O6/c1-22-31(33(2,3)42)28(16-19-38)43-34(22)26-20-25(36-18-7-5-9-30(36)40)14-15-27(26)37(32(34)41)21-23-10-12-24(13-11-23)35-17-6-4-8-29(35)39/h10-15,20,22,28,31,38,42H,4-9,16-19,21H2,1-3H3/t22-,28+,31-,34+/m1/s1. The number of ether oxygens (including phenoxy) is 1. The number of hydrogen-bond donors (Lipinski definition) is 2. The molecule has 4 heterocycles. The maximum absolute atomic E-state index is 14.7. The molecule has 4 aliphatic rings. The van der Waals surface area contributed by atoms with Crippen molar-refractivity contribution in [1.29, 1.82) is 0 Å². The monoisotopic (exact) mass is 589 g/mol. The number of aliphatic hydroxyl groups is 2. The zero-order chi connectivity index (χ0) is 30.5. The normalized spacial score (nSPS) is 27.9. The molecule has 2 N–H and O–H groups in total. The Kier molecular flexibility index (Phi) is 7.85. The molecule has 230 valence electrons. The van der Waals surface area contributed by atoms with E-state index in [0.29, 0.717) is 44.5 Å². The molecule has 9 nitrogen and oxygen atoms in total. The lowest BCUT2D eigenvalue weighted by Crippen LogP contribution is -2.46. The Bertz CT molecular complexity index is 1400. The molecule has 9 heteroatoms. The van der Waals surface area contributed by atoms with E-state index in [-0.39, 0.29) is 24.3 Å². The molecule has 3 amide bonds. The maximum atomic E-state index is 14.7. The number of fused-ring (bicyclic) bond motifs is 2. The number of nitrogens with zero attached hydrogens (tertiary/aromatic N) is 3. The highest BCUT2D eigenvalue weighted by Crippen LogP contribution is 2.58. The van der Waals surface area contributed by atoms with Crippen molar-refractivity contribution in [3.8, 4) is 0 Å². The van der Waals surface area contributed by atoms with Gasteiger partial charge in [0.2, 0.25) is 11.8 Å². The molecule has 43 heavy (non-hydrogen) atoms. The van der Waals surface area contributed by atoms with Crippen molar-refractivity contribution in [2.45, 2.75) is 89.6 Å². The Labute approximate surface area is 253 Å². The van der Waals surface area contributed by atoms with Gasteiger partial charge in [-0.25, -0.2) is 0 Å². The first-order valence-electron chi connectivity index (χ1n) is 15.7. The van der Waals surface area contributed by atoms with E-state index < -0.39 is 29.1 Å². The van der Waals surface area contributed by atoms with Crippen molar-refractivity contribution < 1.29 is 29.3 Å². The van der Waals surface area contributed by atoms with Crippen LogP contribution in [0, 0.1) is 11.8 Å². The third-order valence-corrected chi connectivity index (χ3v) is 9.93. The summed E-state index contributed by atoms with van der Waals surface area (Å²) in [5.41, 5.74) is 1.42. The fraction of sp³-hybridized carbons (Fsp3) is 0.559. The summed E-state index contributed by atoms with van der Waals surface area (Å²) in [7, 11) is 0. The minimum atomic E-state index is -1.37. The van der Waals surface area contributed by atoms with Gasteiger partial charge in [-0.05, 0) is 81.8 Å². The van der Waals surface area contributed by atoms with E-state index in [4.69, 9.17) is 4.74 Å². The molecule has 0 aromatic heterocycles. The Morgan fingerprint density at radius 3 is 2.09 bits per heavy atom. The second kappa shape index (κ2) is 11.3. The number of piperidine rings is 2. The number of benzene rings is 2. The molecule has 2 aromatic rings.